The Hall–Kier alpha value is -1.76. The second-order valence-electron chi connectivity index (χ2n) is 3.74. The summed E-state index contributed by atoms with van der Waals surface area (Å²) < 4.78 is 20.3. The van der Waals surface area contributed by atoms with E-state index in [0.717, 1.165) is 17.5 Å². The lowest BCUT2D eigenvalue weighted by Gasteiger charge is -2.16. The largest absolute Gasteiger partial charge is 0.485 e. The molecule has 0 atom stereocenters. The Morgan fingerprint density at radius 3 is 3.28 bits per heavy atom. The Morgan fingerprint density at radius 1 is 1.44 bits per heavy atom. The van der Waals surface area contributed by atoms with Crippen molar-refractivity contribution in [2.75, 3.05) is 17.7 Å². The van der Waals surface area contributed by atoms with Crippen LogP contribution in [-0.4, -0.2) is 27.2 Å². The Morgan fingerprint density at radius 2 is 2.39 bits per heavy atom. The van der Waals surface area contributed by atoms with E-state index in [-0.39, 0.29) is 12.4 Å². The average Bonchev–Trinajstić information content (AvgIpc) is 2.80. The monoisotopic (exact) mass is 266 g/mol. The highest BCUT2D eigenvalue weighted by atomic mass is 32.2. The van der Waals surface area contributed by atoms with E-state index in [1.54, 1.807) is 23.9 Å². The van der Waals surface area contributed by atoms with Crippen molar-refractivity contribution in [3.63, 3.8) is 0 Å². The van der Waals surface area contributed by atoms with Crippen LogP contribution in [0.25, 0.3) is 0 Å². The third kappa shape index (κ3) is 2.26. The molecule has 0 amide bonds. The normalized spacial score (nSPS) is 13.8. The molecule has 1 aliphatic heterocycles. The van der Waals surface area contributed by atoms with Crippen LogP contribution in [0, 0.1) is 5.82 Å². The molecule has 2 aromatic rings. The van der Waals surface area contributed by atoms with Gasteiger partial charge in [-0.15, -0.1) is 10.2 Å². The number of rotatable bonds is 3. The Kier molecular flexibility index (Phi) is 3.06. The van der Waals surface area contributed by atoms with Gasteiger partial charge in [-0.1, -0.05) is 17.8 Å². The van der Waals surface area contributed by atoms with Crippen molar-refractivity contribution in [2.24, 2.45) is 0 Å². The van der Waals surface area contributed by atoms with Crippen LogP contribution < -0.4 is 10.2 Å². The molecule has 2 heterocycles. The SMILES string of the molecule is Fc1cccc(OCc2nnc3n2NCCS3)c1. The van der Waals surface area contributed by atoms with Gasteiger partial charge in [0.1, 0.15) is 18.2 Å². The Labute approximate surface area is 107 Å². The second kappa shape index (κ2) is 4.85. The molecule has 0 bridgehead atoms. The first-order valence-corrected chi connectivity index (χ1v) is 6.51. The lowest BCUT2D eigenvalue weighted by molar-refractivity contribution is 0.289. The van der Waals surface area contributed by atoms with E-state index < -0.39 is 0 Å². The molecule has 0 saturated heterocycles. The summed E-state index contributed by atoms with van der Waals surface area (Å²) in [5.41, 5.74) is 3.18. The van der Waals surface area contributed by atoms with Gasteiger partial charge in [0.25, 0.3) is 0 Å². The lowest BCUT2D eigenvalue weighted by atomic mass is 10.3. The number of thioether (sulfide) groups is 1. The molecule has 0 unspecified atom stereocenters. The molecule has 5 nitrogen and oxygen atoms in total. The molecule has 0 fully saturated rings. The number of benzene rings is 1. The first-order chi connectivity index (χ1) is 8.83. The molecule has 1 N–H and O–H groups in total. The van der Waals surface area contributed by atoms with Crippen LogP contribution in [0.4, 0.5) is 4.39 Å². The van der Waals surface area contributed by atoms with Crippen molar-refractivity contribution in [3.8, 4) is 5.75 Å². The first kappa shape index (κ1) is 11.3. The zero-order chi connectivity index (χ0) is 12.4. The molecule has 0 aliphatic carbocycles. The fourth-order valence-electron chi connectivity index (χ4n) is 1.65. The van der Waals surface area contributed by atoms with E-state index in [9.17, 15) is 4.39 Å². The van der Waals surface area contributed by atoms with Crippen LogP contribution in [0.3, 0.4) is 0 Å². The highest BCUT2D eigenvalue weighted by Gasteiger charge is 2.16. The van der Waals surface area contributed by atoms with Gasteiger partial charge in [-0.25, -0.2) is 9.07 Å². The fraction of sp³-hybridized carbons (Fsp3) is 0.273. The summed E-state index contributed by atoms with van der Waals surface area (Å²) in [6.07, 6.45) is 0. The molecule has 94 valence electrons. The van der Waals surface area contributed by atoms with E-state index in [1.165, 1.54) is 12.1 Å². The molecular weight excluding hydrogens is 255 g/mol. The van der Waals surface area contributed by atoms with Crippen molar-refractivity contribution in [3.05, 3.63) is 35.9 Å². The van der Waals surface area contributed by atoms with E-state index in [0.29, 0.717) is 11.6 Å². The number of nitrogens with one attached hydrogen (secondary N) is 1. The molecular formula is C11H11FN4OS. The minimum atomic E-state index is -0.315. The van der Waals surface area contributed by atoms with Crippen molar-refractivity contribution < 1.29 is 9.13 Å². The topological polar surface area (TPSA) is 52.0 Å². The number of nitrogens with zero attached hydrogens (tertiary/aromatic N) is 3. The Balaban J connectivity index is 1.72. The highest BCUT2D eigenvalue weighted by Crippen LogP contribution is 2.20. The molecule has 1 aromatic heterocycles. The van der Waals surface area contributed by atoms with E-state index in [2.05, 4.69) is 15.6 Å². The molecule has 3 rings (SSSR count). The van der Waals surface area contributed by atoms with Crippen LogP contribution >= 0.6 is 11.8 Å². The second-order valence-corrected chi connectivity index (χ2v) is 4.80. The van der Waals surface area contributed by atoms with Crippen LogP contribution in [0.5, 0.6) is 5.75 Å². The predicted octanol–water partition coefficient (Wildman–Crippen LogP) is 1.65. The maximum Gasteiger partial charge on any atom is 0.210 e. The third-order valence-corrected chi connectivity index (χ3v) is 3.40. The van der Waals surface area contributed by atoms with Crippen LogP contribution in [0.1, 0.15) is 5.82 Å². The van der Waals surface area contributed by atoms with Crippen LogP contribution in [0.15, 0.2) is 29.4 Å². The predicted molar refractivity (Wildman–Crippen MR) is 65.7 cm³/mol. The van der Waals surface area contributed by atoms with E-state index >= 15 is 0 Å². The molecule has 0 spiro atoms. The quantitative estimate of drug-likeness (QED) is 0.915. The van der Waals surface area contributed by atoms with Gasteiger partial charge in [0, 0.05) is 18.4 Å². The molecule has 7 heteroatoms. The number of halogens is 1. The summed E-state index contributed by atoms with van der Waals surface area (Å²) in [4.78, 5) is 0. The van der Waals surface area contributed by atoms with Crippen LogP contribution in [-0.2, 0) is 6.61 Å². The van der Waals surface area contributed by atoms with Crippen molar-refractivity contribution in [1.29, 1.82) is 0 Å². The summed E-state index contributed by atoms with van der Waals surface area (Å²) in [6.45, 7) is 1.12. The number of hydrogen-bond donors (Lipinski definition) is 1. The zero-order valence-corrected chi connectivity index (χ0v) is 10.3. The van der Waals surface area contributed by atoms with Gasteiger partial charge in [-0.2, -0.15) is 0 Å². The average molecular weight is 266 g/mol. The first-order valence-electron chi connectivity index (χ1n) is 5.52. The highest BCUT2D eigenvalue weighted by molar-refractivity contribution is 7.99. The summed E-state index contributed by atoms with van der Waals surface area (Å²) in [5.74, 6) is 1.82. The maximum absolute atomic E-state index is 13.0. The van der Waals surface area contributed by atoms with Gasteiger partial charge in [-0.05, 0) is 12.1 Å². The van der Waals surface area contributed by atoms with Gasteiger partial charge in [0.05, 0.1) is 0 Å². The van der Waals surface area contributed by atoms with Gasteiger partial charge in [0.15, 0.2) is 5.82 Å². The molecule has 0 saturated carbocycles. The standard InChI is InChI=1S/C11H11FN4OS/c12-8-2-1-3-9(6-8)17-7-10-14-15-11-16(10)13-4-5-18-11/h1-3,6,13H,4-5,7H2. The smallest absolute Gasteiger partial charge is 0.210 e. The summed E-state index contributed by atoms with van der Waals surface area (Å²) in [6, 6.07) is 6.04. The Bertz CT molecular complexity index is 560. The van der Waals surface area contributed by atoms with Gasteiger partial charge in [0.2, 0.25) is 5.16 Å². The minimum Gasteiger partial charge on any atom is -0.485 e. The maximum atomic E-state index is 13.0. The molecule has 0 radical (unpaired) electrons. The lowest BCUT2D eigenvalue weighted by Crippen LogP contribution is -2.25. The van der Waals surface area contributed by atoms with Crippen LogP contribution in [0.2, 0.25) is 0 Å². The van der Waals surface area contributed by atoms with Gasteiger partial charge < -0.3 is 10.2 Å². The van der Waals surface area contributed by atoms with E-state index in [4.69, 9.17) is 4.74 Å². The van der Waals surface area contributed by atoms with Gasteiger partial charge in [-0.3, -0.25) is 0 Å². The van der Waals surface area contributed by atoms with E-state index in [1.807, 2.05) is 4.68 Å². The minimum absolute atomic E-state index is 0.254. The number of ether oxygens (including phenoxy) is 1. The number of hydrogen-bond acceptors (Lipinski definition) is 5. The molecule has 18 heavy (non-hydrogen) atoms. The zero-order valence-electron chi connectivity index (χ0n) is 9.47. The summed E-state index contributed by atoms with van der Waals surface area (Å²) in [7, 11) is 0. The van der Waals surface area contributed by atoms with Crippen molar-refractivity contribution in [2.45, 2.75) is 11.8 Å². The summed E-state index contributed by atoms with van der Waals surface area (Å²) in [5, 5.41) is 8.92. The number of aromatic nitrogens is 3. The molecule has 1 aliphatic rings. The fourth-order valence-corrected chi connectivity index (χ4v) is 2.42. The third-order valence-electron chi connectivity index (χ3n) is 2.47. The molecule has 1 aromatic carbocycles. The van der Waals surface area contributed by atoms with Crippen molar-refractivity contribution in [1.82, 2.24) is 14.9 Å². The number of fused-ring (bicyclic) bond motifs is 1. The van der Waals surface area contributed by atoms with Crippen molar-refractivity contribution >= 4 is 11.8 Å². The summed E-state index contributed by atoms with van der Waals surface area (Å²) >= 11 is 1.64. The van der Waals surface area contributed by atoms with Gasteiger partial charge >= 0.3 is 0 Å².